The number of amides is 1. The van der Waals surface area contributed by atoms with E-state index < -0.39 is 0 Å². The standard InChI is InChI=1S/C22H20N4O3.ClH/c23-15-9-18(22(27)25-17-7-13-3-1-2-4-14(13)8-17)26-21(10-15)24-16-5-6-19-20(11-16)29-12-28-19;/h1-6,9-11,17H,7-8,12H2,(H,25,27)(H3,23,24,26);1H. The molecule has 30 heavy (non-hydrogen) atoms. The molecule has 7 nitrogen and oxygen atoms in total. The number of carbonyl (C=O) groups excluding carboxylic acids is 1. The third-order valence-corrected chi connectivity index (χ3v) is 5.11. The molecule has 0 unspecified atom stereocenters. The van der Waals surface area contributed by atoms with E-state index in [0.717, 1.165) is 18.5 Å². The maximum absolute atomic E-state index is 12.8. The first kappa shape index (κ1) is 19.8. The van der Waals surface area contributed by atoms with Crippen molar-refractivity contribution in [3.05, 3.63) is 71.4 Å². The highest BCUT2D eigenvalue weighted by atomic mass is 35.5. The minimum atomic E-state index is -0.233. The number of hydrogen-bond donors (Lipinski definition) is 3. The Morgan fingerprint density at radius 3 is 2.50 bits per heavy atom. The zero-order chi connectivity index (χ0) is 19.8. The first-order valence-corrected chi connectivity index (χ1v) is 9.46. The summed E-state index contributed by atoms with van der Waals surface area (Å²) < 4.78 is 10.7. The van der Waals surface area contributed by atoms with Crippen LogP contribution in [0.3, 0.4) is 0 Å². The van der Waals surface area contributed by atoms with Gasteiger partial charge in [-0.1, -0.05) is 24.3 Å². The molecule has 0 spiro atoms. The molecule has 2 aromatic carbocycles. The summed E-state index contributed by atoms with van der Waals surface area (Å²) in [6.45, 7) is 0.213. The Hall–Kier alpha value is -3.45. The van der Waals surface area contributed by atoms with E-state index in [1.54, 1.807) is 12.1 Å². The molecule has 0 radical (unpaired) electrons. The number of ether oxygens (including phenoxy) is 2. The van der Waals surface area contributed by atoms with Crippen LogP contribution in [0, 0.1) is 0 Å². The molecule has 1 aromatic heterocycles. The lowest BCUT2D eigenvalue weighted by Gasteiger charge is -2.13. The smallest absolute Gasteiger partial charge is 0.270 e. The normalized spacial score (nSPS) is 14.0. The van der Waals surface area contributed by atoms with Gasteiger partial charge in [-0.3, -0.25) is 4.79 Å². The average molecular weight is 425 g/mol. The van der Waals surface area contributed by atoms with Gasteiger partial charge >= 0.3 is 0 Å². The summed E-state index contributed by atoms with van der Waals surface area (Å²) in [5, 5.41) is 6.24. The number of nitrogens with one attached hydrogen (secondary N) is 2. The summed E-state index contributed by atoms with van der Waals surface area (Å²) in [6.07, 6.45) is 1.65. The Balaban J connectivity index is 0.00000218. The number of pyridine rings is 1. The second kappa shape index (κ2) is 8.12. The van der Waals surface area contributed by atoms with Crippen LogP contribution in [0.15, 0.2) is 54.6 Å². The Morgan fingerprint density at radius 1 is 1.00 bits per heavy atom. The van der Waals surface area contributed by atoms with Crippen LogP contribution in [0.1, 0.15) is 21.6 Å². The molecule has 0 fully saturated rings. The highest BCUT2D eigenvalue weighted by molar-refractivity contribution is 5.94. The van der Waals surface area contributed by atoms with Gasteiger partial charge in [0.05, 0.1) is 0 Å². The average Bonchev–Trinajstić information content (AvgIpc) is 3.33. The summed E-state index contributed by atoms with van der Waals surface area (Å²) in [5.41, 5.74) is 10.1. The molecule has 4 N–H and O–H groups in total. The predicted octanol–water partition coefficient (Wildman–Crippen LogP) is 3.46. The highest BCUT2D eigenvalue weighted by Gasteiger charge is 2.23. The molecule has 0 atom stereocenters. The Kier molecular flexibility index (Phi) is 5.37. The summed E-state index contributed by atoms with van der Waals surface area (Å²) in [6, 6.07) is 17.1. The number of anilines is 3. The van der Waals surface area contributed by atoms with Gasteiger partial charge in [-0.05, 0) is 42.2 Å². The summed E-state index contributed by atoms with van der Waals surface area (Å²) >= 11 is 0. The van der Waals surface area contributed by atoms with Crippen LogP contribution in [0.25, 0.3) is 0 Å². The predicted molar refractivity (Wildman–Crippen MR) is 117 cm³/mol. The fourth-order valence-corrected chi connectivity index (χ4v) is 3.77. The minimum absolute atomic E-state index is 0. The van der Waals surface area contributed by atoms with Crippen molar-refractivity contribution in [1.82, 2.24) is 10.3 Å². The molecule has 0 saturated heterocycles. The number of carbonyl (C=O) groups is 1. The third kappa shape index (κ3) is 3.97. The first-order chi connectivity index (χ1) is 14.1. The minimum Gasteiger partial charge on any atom is -0.454 e. The summed E-state index contributed by atoms with van der Waals surface area (Å²) in [7, 11) is 0. The van der Waals surface area contributed by atoms with Crippen molar-refractivity contribution in [3.63, 3.8) is 0 Å². The fourth-order valence-electron chi connectivity index (χ4n) is 3.77. The van der Waals surface area contributed by atoms with Gasteiger partial charge in [0.15, 0.2) is 11.5 Å². The molecule has 5 rings (SSSR count). The van der Waals surface area contributed by atoms with E-state index >= 15 is 0 Å². The number of fused-ring (bicyclic) bond motifs is 2. The van der Waals surface area contributed by atoms with Gasteiger partial charge in [0.1, 0.15) is 11.5 Å². The number of nitrogens with zero attached hydrogens (tertiary/aromatic N) is 1. The molecule has 3 aromatic rings. The number of nitrogen functional groups attached to an aromatic ring is 1. The molecular weight excluding hydrogens is 404 g/mol. The Morgan fingerprint density at radius 2 is 1.73 bits per heavy atom. The lowest BCUT2D eigenvalue weighted by molar-refractivity contribution is 0.0933. The van der Waals surface area contributed by atoms with E-state index in [-0.39, 0.29) is 36.8 Å². The van der Waals surface area contributed by atoms with Crippen molar-refractivity contribution in [2.45, 2.75) is 18.9 Å². The van der Waals surface area contributed by atoms with Gasteiger partial charge in [0.25, 0.3) is 5.91 Å². The van der Waals surface area contributed by atoms with Gasteiger partial charge in [-0.15, -0.1) is 12.4 Å². The van der Waals surface area contributed by atoms with E-state index in [2.05, 4.69) is 27.8 Å². The van der Waals surface area contributed by atoms with E-state index in [1.807, 2.05) is 30.3 Å². The summed E-state index contributed by atoms with van der Waals surface area (Å²) in [4.78, 5) is 17.2. The molecular formula is C22H21ClN4O3. The monoisotopic (exact) mass is 424 g/mol. The van der Waals surface area contributed by atoms with Crippen molar-refractivity contribution in [1.29, 1.82) is 0 Å². The van der Waals surface area contributed by atoms with Gasteiger partial charge in [-0.2, -0.15) is 0 Å². The van der Waals surface area contributed by atoms with Crippen molar-refractivity contribution < 1.29 is 14.3 Å². The number of hydrogen-bond acceptors (Lipinski definition) is 6. The second-order valence-electron chi connectivity index (χ2n) is 7.21. The number of halogens is 1. The maximum Gasteiger partial charge on any atom is 0.270 e. The largest absolute Gasteiger partial charge is 0.454 e. The van der Waals surface area contributed by atoms with Crippen LogP contribution in [0.2, 0.25) is 0 Å². The number of rotatable bonds is 4. The van der Waals surface area contributed by atoms with E-state index in [9.17, 15) is 4.79 Å². The molecule has 154 valence electrons. The fraction of sp³-hybridized carbons (Fsp3) is 0.182. The lowest BCUT2D eigenvalue weighted by Crippen LogP contribution is -2.35. The van der Waals surface area contributed by atoms with E-state index in [0.29, 0.717) is 23.0 Å². The van der Waals surface area contributed by atoms with Gasteiger partial charge in [0, 0.05) is 29.5 Å². The van der Waals surface area contributed by atoms with E-state index in [4.69, 9.17) is 15.2 Å². The van der Waals surface area contributed by atoms with Gasteiger partial charge < -0.3 is 25.8 Å². The zero-order valence-corrected chi connectivity index (χ0v) is 16.9. The van der Waals surface area contributed by atoms with Crippen LogP contribution >= 0.6 is 12.4 Å². The number of benzene rings is 2. The molecule has 2 heterocycles. The van der Waals surface area contributed by atoms with Crippen LogP contribution in [-0.4, -0.2) is 23.7 Å². The lowest BCUT2D eigenvalue weighted by atomic mass is 10.1. The Bertz CT molecular complexity index is 1080. The molecule has 0 bridgehead atoms. The first-order valence-electron chi connectivity index (χ1n) is 9.46. The van der Waals surface area contributed by atoms with Crippen LogP contribution in [0.5, 0.6) is 11.5 Å². The molecule has 1 aliphatic heterocycles. The number of nitrogens with two attached hydrogens (primary N) is 1. The summed E-state index contributed by atoms with van der Waals surface area (Å²) in [5.74, 6) is 1.62. The van der Waals surface area contributed by atoms with Crippen LogP contribution in [0.4, 0.5) is 17.2 Å². The number of aromatic nitrogens is 1. The van der Waals surface area contributed by atoms with Gasteiger partial charge in [-0.25, -0.2) is 4.98 Å². The van der Waals surface area contributed by atoms with Crippen molar-refractivity contribution in [2.75, 3.05) is 17.8 Å². The molecule has 8 heteroatoms. The SMILES string of the molecule is Cl.Nc1cc(Nc2ccc3c(c2)OCO3)nc(C(=O)NC2Cc3ccccc3C2)c1. The van der Waals surface area contributed by atoms with Crippen molar-refractivity contribution in [2.24, 2.45) is 0 Å². The second-order valence-corrected chi connectivity index (χ2v) is 7.21. The molecule has 2 aliphatic rings. The highest BCUT2D eigenvalue weighted by Crippen LogP contribution is 2.35. The quantitative estimate of drug-likeness (QED) is 0.593. The third-order valence-electron chi connectivity index (χ3n) is 5.11. The van der Waals surface area contributed by atoms with Crippen LogP contribution < -0.4 is 25.8 Å². The van der Waals surface area contributed by atoms with E-state index in [1.165, 1.54) is 11.1 Å². The molecule has 0 saturated carbocycles. The molecule has 1 aliphatic carbocycles. The van der Waals surface area contributed by atoms with Gasteiger partial charge in [0.2, 0.25) is 6.79 Å². The van der Waals surface area contributed by atoms with Crippen molar-refractivity contribution in [3.8, 4) is 11.5 Å². The topological polar surface area (TPSA) is 98.5 Å². The molecule has 1 amide bonds. The van der Waals surface area contributed by atoms with Crippen molar-refractivity contribution >= 4 is 35.5 Å². The van der Waals surface area contributed by atoms with Crippen LogP contribution in [-0.2, 0) is 12.8 Å². The zero-order valence-electron chi connectivity index (χ0n) is 16.1. The Labute approximate surface area is 180 Å². The maximum atomic E-state index is 12.8.